The molecule has 1 aromatic carbocycles. The number of nitrogens with one attached hydrogen (secondary N) is 1. The lowest BCUT2D eigenvalue weighted by Crippen LogP contribution is -2.44. The van der Waals surface area contributed by atoms with E-state index in [1.807, 2.05) is 25.9 Å². The van der Waals surface area contributed by atoms with E-state index in [1.165, 1.54) is 0 Å². The number of anilines is 1. The SMILES string of the molecule is Cc1ccc(S(=O)(=O)NCC2CCCN(C(=O)c3ccc(N(C)C)nn3)C2)cc1. The molecule has 0 radical (unpaired) electrons. The molecule has 0 saturated carbocycles. The summed E-state index contributed by atoms with van der Waals surface area (Å²) >= 11 is 0. The molecule has 1 atom stereocenters. The maximum Gasteiger partial charge on any atom is 0.274 e. The number of likely N-dealkylation sites (tertiary alicyclic amines) is 1. The van der Waals surface area contributed by atoms with Crippen molar-refractivity contribution >= 4 is 21.7 Å². The van der Waals surface area contributed by atoms with Gasteiger partial charge in [0.15, 0.2) is 11.5 Å². The second-order valence-electron chi connectivity index (χ2n) is 7.60. The Morgan fingerprint density at radius 1 is 1.17 bits per heavy atom. The van der Waals surface area contributed by atoms with Crippen molar-refractivity contribution in [2.45, 2.75) is 24.7 Å². The smallest absolute Gasteiger partial charge is 0.274 e. The fourth-order valence-corrected chi connectivity index (χ4v) is 4.40. The standard InChI is InChI=1S/C20H27N5O3S/c1-15-6-8-17(9-7-15)29(27,28)21-13-16-5-4-12-25(14-16)20(26)18-10-11-19(23-22-18)24(2)3/h6-11,16,21H,4-5,12-14H2,1-3H3. The van der Waals surface area contributed by atoms with Crippen molar-refractivity contribution in [2.75, 3.05) is 38.6 Å². The zero-order chi connectivity index (χ0) is 21.0. The van der Waals surface area contributed by atoms with Gasteiger partial charge in [-0.05, 0) is 49.9 Å². The molecule has 156 valence electrons. The van der Waals surface area contributed by atoms with Gasteiger partial charge in [0.2, 0.25) is 10.0 Å². The molecular weight excluding hydrogens is 390 g/mol. The van der Waals surface area contributed by atoms with Crippen LogP contribution in [0.5, 0.6) is 0 Å². The molecule has 2 heterocycles. The van der Waals surface area contributed by atoms with Crippen LogP contribution in [-0.4, -0.2) is 63.2 Å². The van der Waals surface area contributed by atoms with Crippen LogP contribution < -0.4 is 9.62 Å². The average molecular weight is 418 g/mol. The number of piperidine rings is 1. The first-order chi connectivity index (χ1) is 13.8. The van der Waals surface area contributed by atoms with Crippen LogP contribution in [0.2, 0.25) is 0 Å². The molecule has 1 aliphatic rings. The number of carbonyl (C=O) groups is 1. The molecule has 2 aromatic rings. The number of amides is 1. The molecule has 1 amide bonds. The number of hydrogen-bond donors (Lipinski definition) is 1. The molecule has 1 N–H and O–H groups in total. The fourth-order valence-electron chi connectivity index (χ4n) is 3.28. The molecule has 1 aromatic heterocycles. The summed E-state index contributed by atoms with van der Waals surface area (Å²) in [5.41, 5.74) is 1.31. The number of aromatic nitrogens is 2. The second kappa shape index (κ2) is 8.87. The van der Waals surface area contributed by atoms with Gasteiger partial charge in [0.1, 0.15) is 0 Å². The van der Waals surface area contributed by atoms with Crippen molar-refractivity contribution < 1.29 is 13.2 Å². The highest BCUT2D eigenvalue weighted by Gasteiger charge is 2.27. The molecule has 1 saturated heterocycles. The number of hydrogen-bond acceptors (Lipinski definition) is 6. The minimum Gasteiger partial charge on any atom is -0.361 e. The van der Waals surface area contributed by atoms with Crippen LogP contribution in [0.4, 0.5) is 5.82 Å². The van der Waals surface area contributed by atoms with Crippen molar-refractivity contribution in [3.05, 3.63) is 47.7 Å². The van der Waals surface area contributed by atoms with E-state index in [2.05, 4.69) is 14.9 Å². The number of nitrogens with zero attached hydrogens (tertiary/aromatic N) is 4. The van der Waals surface area contributed by atoms with Gasteiger partial charge >= 0.3 is 0 Å². The Morgan fingerprint density at radius 3 is 2.52 bits per heavy atom. The van der Waals surface area contributed by atoms with Crippen LogP contribution in [0.3, 0.4) is 0 Å². The summed E-state index contributed by atoms with van der Waals surface area (Å²) < 4.78 is 27.7. The second-order valence-corrected chi connectivity index (χ2v) is 9.36. The van der Waals surface area contributed by atoms with Crippen LogP contribution in [0.25, 0.3) is 0 Å². The summed E-state index contributed by atoms with van der Waals surface area (Å²) in [4.78, 5) is 16.6. The van der Waals surface area contributed by atoms with Crippen molar-refractivity contribution in [2.24, 2.45) is 5.92 Å². The Balaban J connectivity index is 1.60. The lowest BCUT2D eigenvalue weighted by molar-refractivity contribution is 0.0669. The quantitative estimate of drug-likeness (QED) is 0.768. The maximum atomic E-state index is 12.8. The summed E-state index contributed by atoms with van der Waals surface area (Å²) in [6, 6.07) is 10.2. The van der Waals surface area contributed by atoms with E-state index in [-0.39, 0.29) is 16.7 Å². The Labute approximate surface area is 172 Å². The molecule has 3 rings (SSSR count). The van der Waals surface area contributed by atoms with Gasteiger partial charge in [0, 0.05) is 33.7 Å². The third-order valence-corrected chi connectivity index (χ3v) is 6.47. The van der Waals surface area contributed by atoms with Crippen LogP contribution >= 0.6 is 0 Å². The summed E-state index contributed by atoms with van der Waals surface area (Å²) in [6.45, 7) is 3.34. The Morgan fingerprint density at radius 2 is 1.90 bits per heavy atom. The lowest BCUT2D eigenvalue weighted by Gasteiger charge is -2.32. The number of sulfonamides is 1. The highest BCUT2D eigenvalue weighted by molar-refractivity contribution is 7.89. The van der Waals surface area contributed by atoms with Crippen molar-refractivity contribution in [1.82, 2.24) is 19.8 Å². The average Bonchev–Trinajstić information content (AvgIpc) is 2.72. The van der Waals surface area contributed by atoms with Crippen molar-refractivity contribution in [3.8, 4) is 0 Å². The monoisotopic (exact) mass is 417 g/mol. The molecule has 0 aliphatic carbocycles. The summed E-state index contributed by atoms with van der Waals surface area (Å²) in [5.74, 6) is 0.569. The molecule has 1 fully saturated rings. The summed E-state index contributed by atoms with van der Waals surface area (Å²) in [7, 11) is 0.159. The molecule has 1 aliphatic heterocycles. The summed E-state index contributed by atoms with van der Waals surface area (Å²) in [5, 5.41) is 8.10. The molecule has 0 bridgehead atoms. The van der Waals surface area contributed by atoms with Gasteiger partial charge in [-0.15, -0.1) is 10.2 Å². The first-order valence-electron chi connectivity index (χ1n) is 9.63. The molecule has 1 unspecified atom stereocenters. The van der Waals surface area contributed by atoms with E-state index in [0.29, 0.717) is 31.1 Å². The zero-order valence-electron chi connectivity index (χ0n) is 17.0. The van der Waals surface area contributed by atoms with Gasteiger partial charge in [-0.3, -0.25) is 4.79 Å². The Bertz CT molecular complexity index is 943. The van der Waals surface area contributed by atoms with Crippen molar-refractivity contribution in [1.29, 1.82) is 0 Å². The molecule has 8 nitrogen and oxygen atoms in total. The topological polar surface area (TPSA) is 95.5 Å². The van der Waals surface area contributed by atoms with Crippen LogP contribution in [-0.2, 0) is 10.0 Å². The zero-order valence-corrected chi connectivity index (χ0v) is 17.8. The van der Waals surface area contributed by atoms with Gasteiger partial charge in [0.25, 0.3) is 5.91 Å². The van der Waals surface area contributed by atoms with Crippen molar-refractivity contribution in [3.63, 3.8) is 0 Å². The Kier molecular flexibility index (Phi) is 6.49. The van der Waals surface area contributed by atoms with E-state index < -0.39 is 10.0 Å². The van der Waals surface area contributed by atoms with Crippen LogP contribution in [0, 0.1) is 12.8 Å². The van der Waals surface area contributed by atoms with E-state index in [0.717, 1.165) is 18.4 Å². The normalized spacial score (nSPS) is 17.2. The Hall–Kier alpha value is -2.52. The van der Waals surface area contributed by atoms with E-state index in [4.69, 9.17) is 0 Å². The van der Waals surface area contributed by atoms with E-state index in [1.54, 1.807) is 41.3 Å². The van der Waals surface area contributed by atoms with Crippen LogP contribution in [0.15, 0.2) is 41.3 Å². The van der Waals surface area contributed by atoms with Gasteiger partial charge in [0.05, 0.1) is 4.90 Å². The fraction of sp³-hybridized carbons (Fsp3) is 0.450. The number of rotatable bonds is 6. The largest absolute Gasteiger partial charge is 0.361 e. The molecule has 0 spiro atoms. The highest BCUT2D eigenvalue weighted by Crippen LogP contribution is 2.19. The number of aryl methyl sites for hydroxylation is 1. The van der Waals surface area contributed by atoms with E-state index >= 15 is 0 Å². The first kappa shape index (κ1) is 21.2. The highest BCUT2D eigenvalue weighted by atomic mass is 32.2. The van der Waals surface area contributed by atoms with Gasteiger partial charge < -0.3 is 9.80 Å². The predicted octanol–water partition coefficient (Wildman–Crippen LogP) is 1.68. The predicted molar refractivity (Wildman–Crippen MR) is 111 cm³/mol. The maximum absolute atomic E-state index is 12.8. The molecular formula is C20H27N5O3S. The molecule has 29 heavy (non-hydrogen) atoms. The minimum atomic E-state index is -3.56. The number of benzene rings is 1. The first-order valence-corrected chi connectivity index (χ1v) is 11.1. The number of carbonyl (C=O) groups excluding carboxylic acids is 1. The van der Waals surface area contributed by atoms with Gasteiger partial charge in [-0.25, -0.2) is 13.1 Å². The third kappa shape index (κ3) is 5.30. The van der Waals surface area contributed by atoms with E-state index in [9.17, 15) is 13.2 Å². The van der Waals surface area contributed by atoms with Crippen LogP contribution in [0.1, 0.15) is 28.9 Å². The molecule has 9 heteroatoms. The van der Waals surface area contributed by atoms with Gasteiger partial charge in [-0.1, -0.05) is 17.7 Å². The third-order valence-electron chi connectivity index (χ3n) is 5.03. The lowest BCUT2D eigenvalue weighted by atomic mass is 9.98. The van der Waals surface area contributed by atoms with Gasteiger partial charge in [-0.2, -0.15) is 0 Å². The summed E-state index contributed by atoms with van der Waals surface area (Å²) in [6.07, 6.45) is 1.69. The minimum absolute atomic E-state index is 0.0573.